The third kappa shape index (κ3) is 3.31. The monoisotopic (exact) mass is 183 g/mol. The van der Waals surface area contributed by atoms with Gasteiger partial charge in [-0.15, -0.1) is 0 Å². The second-order valence-electron chi connectivity index (χ2n) is 2.59. The highest BCUT2D eigenvalue weighted by Gasteiger charge is 1.97. The van der Waals surface area contributed by atoms with Crippen molar-refractivity contribution in [3.05, 3.63) is 24.3 Å². The van der Waals surface area contributed by atoms with Crippen molar-refractivity contribution in [2.45, 2.75) is 6.29 Å². The summed E-state index contributed by atoms with van der Waals surface area (Å²) in [6.07, 6.45) is -1.33. The normalized spacial score (nSPS) is 10.2. The van der Waals surface area contributed by atoms with Crippen LogP contribution in [0.4, 0.5) is 5.69 Å². The molecule has 3 N–H and O–H groups in total. The summed E-state index contributed by atoms with van der Waals surface area (Å²) in [4.78, 5) is 0. The largest absolute Gasteiger partial charge is 0.497 e. The van der Waals surface area contributed by atoms with Gasteiger partial charge in [0.1, 0.15) is 5.75 Å². The molecule has 0 saturated heterocycles. The molecule has 0 aliphatic carbocycles. The Bertz CT molecular complexity index is 246. The molecule has 0 bridgehead atoms. The molecule has 0 fully saturated rings. The molecule has 0 amide bonds. The van der Waals surface area contributed by atoms with Gasteiger partial charge < -0.3 is 20.3 Å². The van der Waals surface area contributed by atoms with Crippen molar-refractivity contribution in [2.75, 3.05) is 19.0 Å². The first-order chi connectivity index (χ1) is 6.22. The molecule has 1 aromatic rings. The summed E-state index contributed by atoms with van der Waals surface area (Å²) in [5, 5.41) is 20.0. The Morgan fingerprint density at radius 3 is 2.38 bits per heavy atom. The smallest absolute Gasteiger partial charge is 0.169 e. The van der Waals surface area contributed by atoms with E-state index in [1.807, 2.05) is 0 Å². The summed E-state index contributed by atoms with van der Waals surface area (Å²) in [6, 6.07) is 7.21. The number of aliphatic hydroxyl groups is 2. The summed E-state index contributed by atoms with van der Waals surface area (Å²) in [6.45, 7) is 0.117. The lowest BCUT2D eigenvalue weighted by molar-refractivity contribution is -0.0275. The molecular weight excluding hydrogens is 170 g/mol. The van der Waals surface area contributed by atoms with E-state index in [4.69, 9.17) is 14.9 Å². The van der Waals surface area contributed by atoms with Crippen molar-refractivity contribution < 1.29 is 14.9 Å². The van der Waals surface area contributed by atoms with Crippen LogP contribution in [-0.4, -0.2) is 30.2 Å². The average Bonchev–Trinajstić information content (AvgIpc) is 2.15. The number of ether oxygens (including phenoxy) is 1. The predicted molar refractivity (Wildman–Crippen MR) is 49.7 cm³/mol. The first-order valence-corrected chi connectivity index (χ1v) is 3.96. The standard InChI is InChI=1S/C9H13NO3/c1-13-8-4-2-7(3-5-8)10-6-9(11)12/h2-5,9-12H,6H2,1H3. The lowest BCUT2D eigenvalue weighted by Gasteiger charge is -2.07. The number of anilines is 1. The molecule has 0 aliphatic rings. The van der Waals surface area contributed by atoms with Crippen molar-refractivity contribution >= 4 is 5.69 Å². The maximum absolute atomic E-state index is 8.58. The topological polar surface area (TPSA) is 61.7 Å². The van der Waals surface area contributed by atoms with Crippen LogP contribution >= 0.6 is 0 Å². The number of hydrogen-bond acceptors (Lipinski definition) is 4. The van der Waals surface area contributed by atoms with Crippen LogP contribution < -0.4 is 10.1 Å². The number of nitrogens with one attached hydrogen (secondary N) is 1. The van der Waals surface area contributed by atoms with E-state index >= 15 is 0 Å². The second-order valence-corrected chi connectivity index (χ2v) is 2.59. The van der Waals surface area contributed by atoms with Crippen LogP contribution in [0, 0.1) is 0 Å². The molecule has 0 saturated carbocycles. The number of hydrogen-bond donors (Lipinski definition) is 3. The van der Waals surface area contributed by atoms with Crippen LogP contribution in [-0.2, 0) is 0 Å². The van der Waals surface area contributed by atoms with Crippen LogP contribution in [0.15, 0.2) is 24.3 Å². The molecular formula is C9H13NO3. The molecule has 4 nitrogen and oxygen atoms in total. The molecule has 1 aromatic carbocycles. The Kier molecular flexibility index (Phi) is 3.54. The third-order valence-electron chi connectivity index (χ3n) is 1.58. The van der Waals surface area contributed by atoms with Crippen LogP contribution in [0.5, 0.6) is 5.75 Å². The molecule has 1 rings (SSSR count). The van der Waals surface area contributed by atoms with E-state index in [9.17, 15) is 0 Å². The highest BCUT2D eigenvalue weighted by Crippen LogP contribution is 2.14. The van der Waals surface area contributed by atoms with Crippen molar-refractivity contribution in [2.24, 2.45) is 0 Å². The highest BCUT2D eigenvalue weighted by molar-refractivity contribution is 5.46. The Morgan fingerprint density at radius 2 is 1.92 bits per heavy atom. The van der Waals surface area contributed by atoms with E-state index in [2.05, 4.69) is 5.32 Å². The average molecular weight is 183 g/mol. The summed E-state index contributed by atoms with van der Waals surface area (Å²) in [5.41, 5.74) is 0.828. The summed E-state index contributed by atoms with van der Waals surface area (Å²) in [5.74, 6) is 0.773. The van der Waals surface area contributed by atoms with E-state index in [0.29, 0.717) is 0 Å². The minimum absolute atomic E-state index is 0.117. The van der Waals surface area contributed by atoms with Crippen LogP contribution in [0.25, 0.3) is 0 Å². The summed E-state index contributed by atoms with van der Waals surface area (Å²) >= 11 is 0. The summed E-state index contributed by atoms with van der Waals surface area (Å²) in [7, 11) is 1.60. The van der Waals surface area contributed by atoms with E-state index in [0.717, 1.165) is 11.4 Å². The predicted octanol–water partition coefficient (Wildman–Crippen LogP) is 0.418. The number of benzene rings is 1. The number of methoxy groups -OCH3 is 1. The van der Waals surface area contributed by atoms with Gasteiger partial charge in [0.2, 0.25) is 0 Å². The molecule has 0 aliphatic heterocycles. The van der Waals surface area contributed by atoms with E-state index in [1.165, 1.54) is 0 Å². The molecule has 0 unspecified atom stereocenters. The SMILES string of the molecule is COc1ccc(NCC(O)O)cc1. The van der Waals surface area contributed by atoms with Crippen LogP contribution in [0.2, 0.25) is 0 Å². The molecule has 0 spiro atoms. The second kappa shape index (κ2) is 4.69. The minimum Gasteiger partial charge on any atom is -0.497 e. The van der Waals surface area contributed by atoms with Crippen molar-refractivity contribution in [1.82, 2.24) is 0 Å². The zero-order valence-corrected chi connectivity index (χ0v) is 7.40. The first-order valence-electron chi connectivity index (χ1n) is 3.96. The van der Waals surface area contributed by atoms with Gasteiger partial charge in [0.15, 0.2) is 6.29 Å². The van der Waals surface area contributed by atoms with Gasteiger partial charge in [-0.3, -0.25) is 0 Å². The molecule has 0 radical (unpaired) electrons. The lowest BCUT2D eigenvalue weighted by atomic mass is 10.3. The van der Waals surface area contributed by atoms with E-state index < -0.39 is 6.29 Å². The summed E-state index contributed by atoms with van der Waals surface area (Å²) < 4.78 is 4.97. The molecule has 0 atom stereocenters. The lowest BCUT2D eigenvalue weighted by Crippen LogP contribution is -2.17. The molecule has 0 heterocycles. The maximum atomic E-state index is 8.58. The van der Waals surface area contributed by atoms with Crippen molar-refractivity contribution in [3.8, 4) is 5.75 Å². The van der Waals surface area contributed by atoms with Gasteiger partial charge in [0, 0.05) is 5.69 Å². The Morgan fingerprint density at radius 1 is 1.31 bits per heavy atom. The minimum atomic E-state index is -1.33. The van der Waals surface area contributed by atoms with Gasteiger partial charge in [-0.2, -0.15) is 0 Å². The Labute approximate surface area is 76.8 Å². The third-order valence-corrected chi connectivity index (χ3v) is 1.58. The van der Waals surface area contributed by atoms with Gasteiger partial charge in [-0.05, 0) is 24.3 Å². The fourth-order valence-electron chi connectivity index (χ4n) is 0.918. The fraction of sp³-hybridized carbons (Fsp3) is 0.333. The number of aliphatic hydroxyl groups excluding tert-OH is 1. The van der Waals surface area contributed by atoms with Crippen LogP contribution in [0.3, 0.4) is 0 Å². The zero-order valence-electron chi connectivity index (χ0n) is 7.40. The zero-order chi connectivity index (χ0) is 9.68. The van der Waals surface area contributed by atoms with Crippen molar-refractivity contribution in [1.29, 1.82) is 0 Å². The first kappa shape index (κ1) is 9.83. The Balaban J connectivity index is 2.49. The Hall–Kier alpha value is -1.26. The van der Waals surface area contributed by atoms with Crippen molar-refractivity contribution in [3.63, 3.8) is 0 Å². The fourth-order valence-corrected chi connectivity index (χ4v) is 0.918. The van der Waals surface area contributed by atoms with Crippen LogP contribution in [0.1, 0.15) is 0 Å². The molecule has 13 heavy (non-hydrogen) atoms. The van der Waals surface area contributed by atoms with Gasteiger partial charge >= 0.3 is 0 Å². The quantitative estimate of drug-likeness (QED) is 0.592. The van der Waals surface area contributed by atoms with E-state index in [1.54, 1.807) is 31.4 Å². The number of rotatable bonds is 4. The van der Waals surface area contributed by atoms with Gasteiger partial charge in [-0.25, -0.2) is 0 Å². The van der Waals surface area contributed by atoms with Gasteiger partial charge in [0.25, 0.3) is 0 Å². The van der Waals surface area contributed by atoms with E-state index in [-0.39, 0.29) is 6.54 Å². The van der Waals surface area contributed by atoms with Gasteiger partial charge in [-0.1, -0.05) is 0 Å². The molecule has 4 heteroatoms. The maximum Gasteiger partial charge on any atom is 0.169 e. The van der Waals surface area contributed by atoms with Gasteiger partial charge in [0.05, 0.1) is 13.7 Å². The molecule has 72 valence electrons. The molecule has 0 aromatic heterocycles. The highest BCUT2D eigenvalue weighted by atomic mass is 16.5.